The largest absolute Gasteiger partial charge is 0.494 e. The number of nitrogens with zero attached hydrogens (tertiary/aromatic N) is 2. The van der Waals surface area contributed by atoms with Crippen molar-refractivity contribution in [2.75, 3.05) is 30.3 Å². The highest BCUT2D eigenvalue weighted by Crippen LogP contribution is 2.24. The van der Waals surface area contributed by atoms with Crippen molar-refractivity contribution >= 4 is 39.1 Å². The van der Waals surface area contributed by atoms with Crippen molar-refractivity contribution < 1.29 is 22.7 Å². The van der Waals surface area contributed by atoms with Crippen molar-refractivity contribution in [1.29, 1.82) is 0 Å². The molecule has 12 heteroatoms. The van der Waals surface area contributed by atoms with Gasteiger partial charge in [0.05, 0.1) is 18.0 Å². The van der Waals surface area contributed by atoms with Gasteiger partial charge in [0.15, 0.2) is 0 Å². The normalized spacial score (nSPS) is 12.1. The van der Waals surface area contributed by atoms with Gasteiger partial charge in [-0.15, -0.1) is 0 Å². The van der Waals surface area contributed by atoms with Gasteiger partial charge in [-0.2, -0.15) is 4.98 Å². The Balaban J connectivity index is 1.53. The molecule has 1 heterocycles. The van der Waals surface area contributed by atoms with Crippen molar-refractivity contribution in [3.8, 4) is 5.75 Å². The Labute approximate surface area is 248 Å². The summed E-state index contributed by atoms with van der Waals surface area (Å²) < 4.78 is 39.2. The number of aryl methyl sites for hydroxylation is 1. The van der Waals surface area contributed by atoms with Crippen molar-refractivity contribution in [2.24, 2.45) is 0 Å². The van der Waals surface area contributed by atoms with Gasteiger partial charge in [0.1, 0.15) is 17.2 Å². The molecule has 0 aliphatic carbocycles. The summed E-state index contributed by atoms with van der Waals surface area (Å²) in [4.78, 5) is 20.8. The molecule has 0 spiro atoms. The molecular weight excluding hydrogens is 556 g/mol. The van der Waals surface area contributed by atoms with Gasteiger partial charge in [0.25, 0.3) is 0 Å². The third-order valence-corrected chi connectivity index (χ3v) is 7.14. The zero-order valence-corrected chi connectivity index (χ0v) is 26.2. The molecule has 0 atom stereocenters. The fourth-order valence-electron chi connectivity index (χ4n) is 3.69. The van der Waals surface area contributed by atoms with Crippen LogP contribution in [0, 0.1) is 6.92 Å². The monoisotopic (exact) mass is 598 g/mol. The van der Waals surface area contributed by atoms with Crippen LogP contribution in [0.2, 0.25) is 0 Å². The highest BCUT2D eigenvalue weighted by atomic mass is 32.2. The lowest BCUT2D eigenvalue weighted by Crippen LogP contribution is -2.40. The second kappa shape index (κ2) is 14.0. The van der Waals surface area contributed by atoms with Gasteiger partial charge >= 0.3 is 5.97 Å². The first-order valence-corrected chi connectivity index (χ1v) is 15.3. The number of aromatic nitrogens is 2. The van der Waals surface area contributed by atoms with E-state index in [1.54, 1.807) is 51.2 Å². The lowest BCUT2D eigenvalue weighted by Gasteiger charge is -2.20. The summed E-state index contributed by atoms with van der Waals surface area (Å²) in [7, 11) is -3.68. The van der Waals surface area contributed by atoms with Crippen LogP contribution in [-0.2, 0) is 19.6 Å². The molecule has 0 saturated heterocycles. The van der Waals surface area contributed by atoms with Crippen molar-refractivity contribution in [3.63, 3.8) is 0 Å². The zero-order valence-electron chi connectivity index (χ0n) is 25.4. The predicted molar refractivity (Wildman–Crippen MR) is 165 cm³/mol. The van der Waals surface area contributed by atoms with Gasteiger partial charge in [-0.05, 0) is 104 Å². The standard InChI is InChI=1S/C30H42N6O5S/c1-21-19-32-28(35-27(21)33-23-10-8-11-25(18-23)42(38,39)36-29(2,3)4)34-22-12-14-24(15-13-22)40-17-9-16-31-20-26(37)41-30(5,6)7/h8,10-15,18-19,31,36H,9,16-17,20H2,1-7H3,(H2,32,33,34,35). The van der Waals surface area contributed by atoms with Gasteiger partial charge in [-0.1, -0.05) is 6.07 Å². The minimum atomic E-state index is -3.68. The van der Waals surface area contributed by atoms with E-state index in [0.29, 0.717) is 30.6 Å². The van der Waals surface area contributed by atoms with E-state index in [1.165, 1.54) is 0 Å². The number of hydrogen-bond acceptors (Lipinski definition) is 10. The number of hydrogen-bond donors (Lipinski definition) is 4. The SMILES string of the molecule is Cc1cnc(Nc2ccc(OCCCNCC(=O)OC(C)(C)C)cc2)nc1Nc1cccc(S(=O)(=O)NC(C)(C)C)c1. The first-order chi connectivity index (χ1) is 19.6. The molecule has 0 amide bonds. The Bertz CT molecular complexity index is 1450. The summed E-state index contributed by atoms with van der Waals surface area (Å²) >= 11 is 0. The van der Waals surface area contributed by atoms with Gasteiger partial charge in [0, 0.05) is 28.7 Å². The number of anilines is 4. The summed E-state index contributed by atoms with van der Waals surface area (Å²) in [5.41, 5.74) is 1.07. The molecule has 2 aromatic carbocycles. The summed E-state index contributed by atoms with van der Waals surface area (Å²) in [5.74, 6) is 1.37. The van der Waals surface area contributed by atoms with Crippen molar-refractivity contribution in [2.45, 2.75) is 70.9 Å². The Morgan fingerprint density at radius 1 is 0.952 bits per heavy atom. The maximum absolute atomic E-state index is 12.8. The molecular formula is C30H42N6O5S. The van der Waals surface area contributed by atoms with E-state index < -0.39 is 21.2 Å². The third kappa shape index (κ3) is 11.3. The van der Waals surface area contributed by atoms with E-state index in [4.69, 9.17) is 9.47 Å². The number of rotatable bonds is 13. The van der Waals surface area contributed by atoms with Crippen LogP contribution in [0.25, 0.3) is 0 Å². The lowest BCUT2D eigenvalue weighted by molar-refractivity contribution is -0.153. The second-order valence-electron chi connectivity index (χ2n) is 11.8. The van der Waals surface area contributed by atoms with Gasteiger partial charge in [-0.3, -0.25) is 4.79 Å². The van der Waals surface area contributed by atoms with Crippen LogP contribution in [-0.4, -0.2) is 55.2 Å². The Kier molecular flexibility index (Phi) is 10.9. The molecule has 0 aliphatic rings. The molecule has 0 radical (unpaired) electrons. The molecule has 3 aromatic rings. The van der Waals surface area contributed by atoms with E-state index in [-0.39, 0.29) is 17.4 Å². The van der Waals surface area contributed by atoms with Crippen molar-refractivity contribution in [1.82, 2.24) is 20.0 Å². The molecule has 0 unspecified atom stereocenters. The molecule has 11 nitrogen and oxygen atoms in total. The summed E-state index contributed by atoms with van der Waals surface area (Å²) in [6.45, 7) is 14.1. The van der Waals surface area contributed by atoms with Crippen LogP contribution in [0.15, 0.2) is 59.6 Å². The number of nitrogens with one attached hydrogen (secondary N) is 4. The van der Waals surface area contributed by atoms with Crippen LogP contribution >= 0.6 is 0 Å². The number of ether oxygens (including phenoxy) is 2. The summed E-state index contributed by atoms with van der Waals surface area (Å²) in [6.07, 6.45) is 2.42. The molecule has 3 rings (SSSR count). The lowest BCUT2D eigenvalue weighted by atomic mass is 10.1. The van der Waals surface area contributed by atoms with E-state index >= 15 is 0 Å². The average Bonchev–Trinajstić information content (AvgIpc) is 2.87. The van der Waals surface area contributed by atoms with E-state index in [0.717, 1.165) is 23.4 Å². The number of sulfonamides is 1. The predicted octanol–water partition coefficient (Wildman–Crippen LogP) is 5.05. The second-order valence-corrected chi connectivity index (χ2v) is 13.5. The summed E-state index contributed by atoms with van der Waals surface area (Å²) in [5, 5.41) is 9.44. The number of benzene rings is 2. The molecule has 0 saturated carbocycles. The summed E-state index contributed by atoms with van der Waals surface area (Å²) in [6, 6.07) is 14.0. The van der Waals surface area contributed by atoms with Crippen molar-refractivity contribution in [3.05, 3.63) is 60.3 Å². The topological polar surface area (TPSA) is 144 Å². The smallest absolute Gasteiger partial charge is 0.320 e. The third-order valence-electron chi connectivity index (χ3n) is 5.39. The highest BCUT2D eigenvalue weighted by molar-refractivity contribution is 7.89. The first kappa shape index (κ1) is 32.8. The van der Waals surface area contributed by atoms with Gasteiger partial charge in [-0.25, -0.2) is 18.1 Å². The van der Waals surface area contributed by atoms with Crippen LogP contribution < -0.4 is 25.4 Å². The minimum Gasteiger partial charge on any atom is -0.494 e. The number of esters is 1. The number of carbonyl (C=O) groups is 1. The minimum absolute atomic E-state index is 0.159. The fraction of sp³-hybridized carbons (Fsp3) is 0.433. The van der Waals surface area contributed by atoms with E-state index in [1.807, 2.05) is 52.0 Å². The van der Waals surface area contributed by atoms with Crippen LogP contribution in [0.5, 0.6) is 5.75 Å². The number of carbonyl (C=O) groups excluding carboxylic acids is 1. The fourth-order valence-corrected chi connectivity index (χ4v) is 5.15. The van der Waals surface area contributed by atoms with E-state index in [9.17, 15) is 13.2 Å². The average molecular weight is 599 g/mol. The van der Waals surface area contributed by atoms with E-state index in [2.05, 4.69) is 30.6 Å². The highest BCUT2D eigenvalue weighted by Gasteiger charge is 2.22. The maximum Gasteiger partial charge on any atom is 0.320 e. The Morgan fingerprint density at radius 2 is 1.67 bits per heavy atom. The van der Waals surface area contributed by atoms with Gasteiger partial charge < -0.3 is 25.4 Å². The molecule has 228 valence electrons. The zero-order chi connectivity index (χ0) is 31.0. The molecule has 0 aliphatic heterocycles. The van der Waals surface area contributed by atoms with Crippen LogP contribution in [0.1, 0.15) is 53.5 Å². The first-order valence-electron chi connectivity index (χ1n) is 13.8. The van der Waals surface area contributed by atoms with Crippen LogP contribution in [0.3, 0.4) is 0 Å². The maximum atomic E-state index is 12.8. The molecule has 1 aromatic heterocycles. The Hall–Kier alpha value is -3.74. The quantitative estimate of drug-likeness (QED) is 0.156. The van der Waals surface area contributed by atoms with Crippen LogP contribution in [0.4, 0.5) is 23.1 Å². The Morgan fingerprint density at radius 3 is 2.33 bits per heavy atom. The molecule has 0 bridgehead atoms. The molecule has 42 heavy (non-hydrogen) atoms. The molecule has 0 fully saturated rings. The molecule has 4 N–H and O–H groups in total. The van der Waals surface area contributed by atoms with Gasteiger partial charge in [0.2, 0.25) is 16.0 Å².